The number of carbonyl (C=O) groups excluding carboxylic acids is 1. The lowest BCUT2D eigenvalue weighted by Crippen LogP contribution is -2.05. The average Bonchev–Trinajstić information content (AvgIpc) is 2.16. The van der Waals surface area contributed by atoms with Gasteiger partial charge in [-0.1, -0.05) is 38.8 Å². The Balaban J connectivity index is 3.17. The van der Waals surface area contributed by atoms with E-state index in [-0.39, 0.29) is 5.92 Å². The van der Waals surface area contributed by atoms with Crippen molar-refractivity contribution in [3.05, 3.63) is 12.2 Å². The van der Waals surface area contributed by atoms with Crippen LogP contribution in [0.2, 0.25) is 0 Å². The topological polar surface area (TPSA) is 17.1 Å². The molecular weight excluding hydrogens is 172 g/mol. The van der Waals surface area contributed by atoms with Crippen LogP contribution >= 0.6 is 0 Å². The fourth-order valence-corrected chi connectivity index (χ4v) is 1.37. The highest BCUT2D eigenvalue weighted by molar-refractivity contribution is 5.80. The molecule has 0 unspecified atom stereocenters. The van der Waals surface area contributed by atoms with E-state index in [4.69, 9.17) is 0 Å². The molecule has 0 fully saturated rings. The number of hydrogen-bond donors (Lipinski definition) is 0. The van der Waals surface area contributed by atoms with Crippen molar-refractivity contribution < 1.29 is 4.79 Å². The molecule has 0 aromatic rings. The van der Waals surface area contributed by atoms with E-state index in [0.29, 0.717) is 5.78 Å². The highest BCUT2D eigenvalue weighted by Gasteiger charge is 2.05. The second-order valence-corrected chi connectivity index (χ2v) is 4.14. The highest BCUT2D eigenvalue weighted by atomic mass is 16.1. The standard InChI is InChI=1S/C13H24O/c1-4-5-6-7-8-9-10-11-13(14)12(2)3/h4-5,12H,6-11H2,1-3H3. The fraction of sp³-hybridized carbons (Fsp3) is 0.769. The quantitative estimate of drug-likeness (QED) is 0.421. The van der Waals surface area contributed by atoms with Crippen LogP contribution in [0.1, 0.15) is 59.3 Å². The molecule has 0 N–H and O–H groups in total. The Morgan fingerprint density at radius 1 is 1.14 bits per heavy atom. The number of Topliss-reactive ketones (excluding diaryl/α,β-unsaturated/α-hetero) is 1. The van der Waals surface area contributed by atoms with E-state index < -0.39 is 0 Å². The molecule has 0 bridgehead atoms. The van der Waals surface area contributed by atoms with E-state index in [1.807, 2.05) is 13.8 Å². The zero-order valence-electron chi connectivity index (χ0n) is 9.88. The first-order valence-electron chi connectivity index (χ1n) is 5.82. The van der Waals surface area contributed by atoms with Gasteiger partial charge in [0.15, 0.2) is 0 Å². The first-order valence-corrected chi connectivity index (χ1v) is 5.82. The molecule has 0 amide bonds. The van der Waals surface area contributed by atoms with E-state index in [1.165, 1.54) is 25.7 Å². The van der Waals surface area contributed by atoms with Crippen LogP contribution in [-0.2, 0) is 4.79 Å². The van der Waals surface area contributed by atoms with Crippen LogP contribution in [0.25, 0.3) is 0 Å². The third-order valence-corrected chi connectivity index (χ3v) is 2.42. The van der Waals surface area contributed by atoms with E-state index in [0.717, 1.165) is 12.8 Å². The van der Waals surface area contributed by atoms with Crippen LogP contribution in [0, 0.1) is 5.92 Å². The molecule has 82 valence electrons. The fourth-order valence-electron chi connectivity index (χ4n) is 1.37. The minimum Gasteiger partial charge on any atom is -0.299 e. The van der Waals surface area contributed by atoms with Crippen molar-refractivity contribution in [1.29, 1.82) is 0 Å². The van der Waals surface area contributed by atoms with Crippen molar-refractivity contribution in [2.24, 2.45) is 5.92 Å². The van der Waals surface area contributed by atoms with Gasteiger partial charge in [-0.15, -0.1) is 0 Å². The summed E-state index contributed by atoms with van der Waals surface area (Å²) in [5.41, 5.74) is 0. The zero-order valence-corrected chi connectivity index (χ0v) is 9.88. The van der Waals surface area contributed by atoms with Gasteiger partial charge in [0.05, 0.1) is 0 Å². The Morgan fingerprint density at radius 2 is 1.79 bits per heavy atom. The largest absolute Gasteiger partial charge is 0.299 e. The first-order chi connectivity index (χ1) is 6.68. The van der Waals surface area contributed by atoms with Crippen molar-refractivity contribution in [2.45, 2.75) is 59.3 Å². The predicted octanol–water partition coefficient (Wildman–Crippen LogP) is 4.13. The van der Waals surface area contributed by atoms with Gasteiger partial charge in [0.2, 0.25) is 0 Å². The summed E-state index contributed by atoms with van der Waals surface area (Å²) in [6, 6.07) is 0. The Kier molecular flexibility index (Phi) is 8.61. The minimum absolute atomic E-state index is 0.220. The first kappa shape index (κ1) is 13.4. The van der Waals surface area contributed by atoms with Crippen molar-refractivity contribution in [2.75, 3.05) is 0 Å². The van der Waals surface area contributed by atoms with Gasteiger partial charge in [-0.2, -0.15) is 0 Å². The summed E-state index contributed by atoms with van der Waals surface area (Å²) in [5.74, 6) is 0.636. The van der Waals surface area contributed by atoms with Crippen LogP contribution in [0.3, 0.4) is 0 Å². The molecule has 1 heteroatoms. The molecule has 0 spiro atoms. The Labute approximate surface area is 88.6 Å². The summed E-state index contributed by atoms with van der Waals surface area (Å²) in [6.45, 7) is 6.02. The number of carbonyl (C=O) groups is 1. The molecule has 0 saturated carbocycles. The molecule has 0 heterocycles. The molecule has 14 heavy (non-hydrogen) atoms. The monoisotopic (exact) mass is 196 g/mol. The smallest absolute Gasteiger partial charge is 0.135 e. The van der Waals surface area contributed by atoms with Crippen LogP contribution in [0.15, 0.2) is 12.2 Å². The Hall–Kier alpha value is -0.590. The minimum atomic E-state index is 0.220. The SMILES string of the molecule is CC=CCCCCCCC(=O)C(C)C. The third-order valence-electron chi connectivity index (χ3n) is 2.42. The van der Waals surface area contributed by atoms with Gasteiger partial charge in [0.1, 0.15) is 5.78 Å². The molecular formula is C13H24O. The number of allylic oxidation sites excluding steroid dienone is 2. The lowest BCUT2D eigenvalue weighted by atomic mass is 10.0. The van der Waals surface area contributed by atoms with Crippen molar-refractivity contribution in [1.82, 2.24) is 0 Å². The second kappa shape index (κ2) is 8.98. The Bertz CT molecular complexity index is 168. The predicted molar refractivity (Wildman–Crippen MR) is 62.4 cm³/mol. The second-order valence-electron chi connectivity index (χ2n) is 4.14. The molecule has 0 aliphatic rings. The van der Waals surface area contributed by atoms with Crippen LogP contribution in [0.4, 0.5) is 0 Å². The summed E-state index contributed by atoms with van der Waals surface area (Å²) >= 11 is 0. The van der Waals surface area contributed by atoms with Crippen LogP contribution < -0.4 is 0 Å². The van der Waals surface area contributed by atoms with Crippen molar-refractivity contribution in [3.8, 4) is 0 Å². The lowest BCUT2D eigenvalue weighted by Gasteiger charge is -2.03. The van der Waals surface area contributed by atoms with Crippen LogP contribution in [-0.4, -0.2) is 5.78 Å². The molecule has 1 nitrogen and oxygen atoms in total. The molecule has 0 aliphatic carbocycles. The lowest BCUT2D eigenvalue weighted by molar-refractivity contribution is -0.122. The molecule has 0 aromatic carbocycles. The van der Waals surface area contributed by atoms with Crippen LogP contribution in [0.5, 0.6) is 0 Å². The van der Waals surface area contributed by atoms with Gasteiger partial charge in [-0.3, -0.25) is 4.79 Å². The third kappa shape index (κ3) is 8.03. The maximum Gasteiger partial charge on any atom is 0.135 e. The number of unbranched alkanes of at least 4 members (excludes halogenated alkanes) is 4. The summed E-state index contributed by atoms with van der Waals surface area (Å²) in [7, 11) is 0. The van der Waals surface area contributed by atoms with Crippen molar-refractivity contribution >= 4 is 5.78 Å². The highest BCUT2D eigenvalue weighted by Crippen LogP contribution is 2.08. The molecule has 0 rings (SSSR count). The molecule has 0 radical (unpaired) electrons. The average molecular weight is 196 g/mol. The van der Waals surface area contributed by atoms with Gasteiger partial charge in [0.25, 0.3) is 0 Å². The summed E-state index contributed by atoms with van der Waals surface area (Å²) in [5, 5.41) is 0. The van der Waals surface area contributed by atoms with E-state index >= 15 is 0 Å². The Morgan fingerprint density at radius 3 is 2.36 bits per heavy atom. The molecule has 0 atom stereocenters. The van der Waals surface area contributed by atoms with Gasteiger partial charge >= 0.3 is 0 Å². The summed E-state index contributed by atoms with van der Waals surface area (Å²) < 4.78 is 0. The molecule has 0 aliphatic heterocycles. The summed E-state index contributed by atoms with van der Waals surface area (Å²) in [4.78, 5) is 11.3. The zero-order chi connectivity index (χ0) is 10.8. The normalized spacial score (nSPS) is 11.4. The van der Waals surface area contributed by atoms with Gasteiger partial charge in [-0.05, 0) is 26.2 Å². The number of rotatable bonds is 8. The molecule has 0 saturated heterocycles. The van der Waals surface area contributed by atoms with E-state index in [2.05, 4.69) is 19.1 Å². The van der Waals surface area contributed by atoms with Gasteiger partial charge in [0, 0.05) is 12.3 Å². The summed E-state index contributed by atoms with van der Waals surface area (Å²) in [6.07, 6.45) is 11.1. The maximum atomic E-state index is 11.3. The maximum absolute atomic E-state index is 11.3. The van der Waals surface area contributed by atoms with Gasteiger partial charge in [-0.25, -0.2) is 0 Å². The van der Waals surface area contributed by atoms with E-state index in [9.17, 15) is 4.79 Å². The van der Waals surface area contributed by atoms with Crippen molar-refractivity contribution in [3.63, 3.8) is 0 Å². The van der Waals surface area contributed by atoms with Gasteiger partial charge < -0.3 is 0 Å². The van der Waals surface area contributed by atoms with E-state index in [1.54, 1.807) is 0 Å². The number of ketones is 1. The molecule has 0 aromatic heterocycles. The number of hydrogen-bond acceptors (Lipinski definition) is 1.